The van der Waals surface area contributed by atoms with Gasteiger partial charge in [0, 0.05) is 0 Å². The van der Waals surface area contributed by atoms with E-state index in [1.807, 2.05) is 24.3 Å². The Hall–Kier alpha value is -1.22. The van der Waals surface area contributed by atoms with Crippen LogP contribution in [0.4, 0.5) is 0 Å². The van der Waals surface area contributed by atoms with Crippen LogP contribution in [0.15, 0.2) is 24.3 Å². The second-order valence-electron chi connectivity index (χ2n) is 3.52. The topological polar surface area (TPSA) is 38.7 Å². The Balaban J connectivity index is 2.27. The lowest BCUT2D eigenvalue weighted by Gasteiger charge is -2.18. The third-order valence-corrected chi connectivity index (χ3v) is 1.93. The van der Waals surface area contributed by atoms with E-state index in [9.17, 15) is 5.11 Å². The van der Waals surface area contributed by atoms with E-state index in [1.165, 1.54) is 0 Å². The summed E-state index contributed by atoms with van der Waals surface area (Å²) in [4.78, 5) is 0. The zero-order valence-electron chi connectivity index (χ0n) is 7.49. The van der Waals surface area contributed by atoms with Crippen molar-refractivity contribution in [3.05, 3.63) is 24.3 Å². The third-order valence-electron chi connectivity index (χ3n) is 1.93. The Labute approximate surface area is 76.9 Å². The van der Waals surface area contributed by atoms with Crippen molar-refractivity contribution in [3.63, 3.8) is 0 Å². The highest BCUT2D eigenvalue weighted by Gasteiger charge is 2.26. The Morgan fingerprint density at radius 2 is 1.62 bits per heavy atom. The fourth-order valence-electron chi connectivity index (χ4n) is 1.20. The SMILES string of the molecule is CC1(O)COc2ccccc2OC1. The number of rotatable bonds is 0. The second-order valence-corrected chi connectivity index (χ2v) is 3.52. The van der Waals surface area contributed by atoms with Gasteiger partial charge in [-0.15, -0.1) is 0 Å². The normalized spacial score (nSPS) is 19.2. The first-order chi connectivity index (χ1) is 6.17. The van der Waals surface area contributed by atoms with E-state index < -0.39 is 5.60 Å². The van der Waals surface area contributed by atoms with Crippen molar-refractivity contribution in [1.29, 1.82) is 0 Å². The smallest absolute Gasteiger partial charge is 0.161 e. The summed E-state index contributed by atoms with van der Waals surface area (Å²) in [5, 5.41) is 9.68. The van der Waals surface area contributed by atoms with Gasteiger partial charge in [-0.3, -0.25) is 0 Å². The molecule has 0 aliphatic carbocycles. The van der Waals surface area contributed by atoms with Crippen LogP contribution in [0.5, 0.6) is 11.5 Å². The molecule has 0 saturated carbocycles. The van der Waals surface area contributed by atoms with Gasteiger partial charge in [-0.25, -0.2) is 0 Å². The summed E-state index contributed by atoms with van der Waals surface area (Å²) in [5.74, 6) is 1.39. The van der Waals surface area contributed by atoms with E-state index in [0.717, 1.165) is 0 Å². The number of benzene rings is 1. The van der Waals surface area contributed by atoms with E-state index in [4.69, 9.17) is 9.47 Å². The second kappa shape index (κ2) is 2.92. The summed E-state index contributed by atoms with van der Waals surface area (Å²) in [7, 11) is 0. The minimum absolute atomic E-state index is 0.268. The van der Waals surface area contributed by atoms with Crippen molar-refractivity contribution in [2.24, 2.45) is 0 Å². The maximum Gasteiger partial charge on any atom is 0.161 e. The summed E-state index contributed by atoms with van der Waals surface area (Å²) in [5.41, 5.74) is -0.904. The maximum atomic E-state index is 9.68. The molecule has 0 radical (unpaired) electrons. The molecule has 1 aliphatic heterocycles. The molecule has 0 bridgehead atoms. The van der Waals surface area contributed by atoms with Gasteiger partial charge in [0.1, 0.15) is 18.8 Å². The van der Waals surface area contributed by atoms with E-state index in [1.54, 1.807) is 6.92 Å². The maximum absolute atomic E-state index is 9.68. The molecule has 1 heterocycles. The highest BCUT2D eigenvalue weighted by Crippen LogP contribution is 2.30. The Bertz CT molecular complexity index is 278. The van der Waals surface area contributed by atoms with Gasteiger partial charge < -0.3 is 14.6 Å². The van der Waals surface area contributed by atoms with Crippen LogP contribution < -0.4 is 9.47 Å². The first-order valence-electron chi connectivity index (χ1n) is 4.24. The van der Waals surface area contributed by atoms with Gasteiger partial charge in [0.15, 0.2) is 11.5 Å². The van der Waals surface area contributed by atoms with Gasteiger partial charge in [0.05, 0.1) is 0 Å². The van der Waals surface area contributed by atoms with E-state index in [-0.39, 0.29) is 13.2 Å². The van der Waals surface area contributed by atoms with Crippen molar-refractivity contribution in [3.8, 4) is 11.5 Å². The van der Waals surface area contributed by atoms with Crippen LogP contribution >= 0.6 is 0 Å². The molecule has 0 atom stereocenters. The van der Waals surface area contributed by atoms with Crippen molar-refractivity contribution in [2.45, 2.75) is 12.5 Å². The van der Waals surface area contributed by atoms with Crippen LogP contribution in [0.1, 0.15) is 6.92 Å². The molecular weight excluding hydrogens is 168 g/mol. The van der Waals surface area contributed by atoms with Crippen molar-refractivity contribution < 1.29 is 14.6 Å². The van der Waals surface area contributed by atoms with Gasteiger partial charge in [-0.05, 0) is 19.1 Å². The van der Waals surface area contributed by atoms with Crippen molar-refractivity contribution in [1.82, 2.24) is 0 Å². The van der Waals surface area contributed by atoms with Crippen LogP contribution in [-0.4, -0.2) is 23.9 Å². The number of ether oxygens (including phenoxy) is 2. The average molecular weight is 180 g/mol. The zero-order chi connectivity index (χ0) is 9.31. The van der Waals surface area contributed by atoms with Gasteiger partial charge in [-0.1, -0.05) is 12.1 Å². The van der Waals surface area contributed by atoms with Crippen molar-refractivity contribution in [2.75, 3.05) is 13.2 Å². The number of para-hydroxylation sites is 2. The quantitative estimate of drug-likeness (QED) is 0.652. The molecule has 0 amide bonds. The summed E-state index contributed by atoms with van der Waals surface area (Å²) < 4.78 is 10.8. The highest BCUT2D eigenvalue weighted by atomic mass is 16.6. The van der Waals surface area contributed by atoms with Crippen LogP contribution in [0, 0.1) is 0 Å². The minimum atomic E-state index is -0.904. The fourth-order valence-corrected chi connectivity index (χ4v) is 1.20. The molecule has 70 valence electrons. The Morgan fingerprint density at radius 3 is 2.08 bits per heavy atom. The third kappa shape index (κ3) is 1.75. The average Bonchev–Trinajstić information content (AvgIpc) is 2.27. The van der Waals surface area contributed by atoms with Gasteiger partial charge in [-0.2, -0.15) is 0 Å². The predicted molar refractivity (Wildman–Crippen MR) is 48.1 cm³/mol. The van der Waals surface area contributed by atoms with Gasteiger partial charge in [0.25, 0.3) is 0 Å². The highest BCUT2D eigenvalue weighted by molar-refractivity contribution is 5.40. The molecule has 1 aromatic carbocycles. The molecule has 0 aromatic heterocycles. The number of hydrogen-bond acceptors (Lipinski definition) is 3. The lowest BCUT2D eigenvalue weighted by molar-refractivity contribution is -0.0121. The molecule has 0 fully saturated rings. The van der Waals surface area contributed by atoms with E-state index in [2.05, 4.69) is 0 Å². The lowest BCUT2D eigenvalue weighted by Crippen LogP contribution is -2.37. The summed E-state index contributed by atoms with van der Waals surface area (Å²) in [6.07, 6.45) is 0. The Morgan fingerprint density at radius 1 is 1.15 bits per heavy atom. The molecule has 2 rings (SSSR count). The first-order valence-corrected chi connectivity index (χ1v) is 4.24. The molecule has 1 N–H and O–H groups in total. The van der Waals surface area contributed by atoms with Gasteiger partial charge in [0.2, 0.25) is 0 Å². The van der Waals surface area contributed by atoms with Crippen LogP contribution in [0.25, 0.3) is 0 Å². The predicted octanol–water partition coefficient (Wildman–Crippen LogP) is 1.21. The van der Waals surface area contributed by atoms with Gasteiger partial charge >= 0.3 is 0 Å². The number of fused-ring (bicyclic) bond motifs is 1. The molecule has 0 saturated heterocycles. The zero-order valence-corrected chi connectivity index (χ0v) is 7.49. The van der Waals surface area contributed by atoms with E-state index in [0.29, 0.717) is 11.5 Å². The standard InChI is InChI=1S/C10H12O3/c1-10(11)6-12-8-4-2-3-5-9(8)13-7-10/h2-5,11H,6-7H2,1H3. The molecule has 1 aromatic rings. The number of aliphatic hydroxyl groups is 1. The lowest BCUT2D eigenvalue weighted by atomic mass is 10.1. The van der Waals surface area contributed by atoms with E-state index >= 15 is 0 Å². The van der Waals surface area contributed by atoms with Crippen LogP contribution in [0.3, 0.4) is 0 Å². The monoisotopic (exact) mass is 180 g/mol. The van der Waals surface area contributed by atoms with Crippen LogP contribution in [0.2, 0.25) is 0 Å². The largest absolute Gasteiger partial charge is 0.487 e. The van der Waals surface area contributed by atoms with Crippen LogP contribution in [-0.2, 0) is 0 Å². The minimum Gasteiger partial charge on any atom is -0.487 e. The molecular formula is C10H12O3. The molecule has 3 heteroatoms. The molecule has 13 heavy (non-hydrogen) atoms. The molecule has 0 unspecified atom stereocenters. The molecule has 1 aliphatic rings. The summed E-state index contributed by atoms with van der Waals surface area (Å²) in [6, 6.07) is 7.41. The molecule has 3 nitrogen and oxygen atoms in total. The fraction of sp³-hybridized carbons (Fsp3) is 0.400. The summed E-state index contributed by atoms with van der Waals surface area (Å²) in [6.45, 7) is 2.23. The molecule has 0 spiro atoms. The Kier molecular flexibility index (Phi) is 1.88. The number of hydrogen-bond donors (Lipinski definition) is 1. The van der Waals surface area contributed by atoms with Crippen molar-refractivity contribution >= 4 is 0 Å². The first kappa shape index (κ1) is 8.38. The summed E-state index contributed by atoms with van der Waals surface area (Å²) >= 11 is 0.